The average molecular weight is 275 g/mol. The Hall–Kier alpha value is -0.260. The number of aliphatic carboxylic acids is 1. The SMILES string of the molecule is CNC1(C(=O)O)CCCC1CCSCC(C)CO. The minimum Gasteiger partial charge on any atom is -0.480 e. The molecule has 3 atom stereocenters. The monoisotopic (exact) mass is 275 g/mol. The molecule has 106 valence electrons. The zero-order valence-corrected chi connectivity index (χ0v) is 12.1. The van der Waals surface area contributed by atoms with Crippen molar-refractivity contribution in [3.05, 3.63) is 0 Å². The van der Waals surface area contributed by atoms with Gasteiger partial charge in [0, 0.05) is 6.61 Å². The lowest BCUT2D eigenvalue weighted by atomic mass is 9.85. The highest BCUT2D eigenvalue weighted by Gasteiger charge is 2.47. The first-order valence-electron chi connectivity index (χ1n) is 6.67. The Labute approximate surface area is 114 Å². The second-order valence-corrected chi connectivity index (χ2v) is 6.42. The van der Waals surface area contributed by atoms with E-state index >= 15 is 0 Å². The lowest BCUT2D eigenvalue weighted by Gasteiger charge is -2.31. The lowest BCUT2D eigenvalue weighted by Crippen LogP contribution is -2.53. The number of nitrogens with one attached hydrogen (secondary N) is 1. The first kappa shape index (κ1) is 15.8. The fourth-order valence-corrected chi connectivity index (χ4v) is 3.87. The molecule has 0 aliphatic heterocycles. The molecule has 18 heavy (non-hydrogen) atoms. The quantitative estimate of drug-likeness (QED) is 0.587. The molecule has 1 saturated carbocycles. The summed E-state index contributed by atoms with van der Waals surface area (Å²) in [4.78, 5) is 11.4. The van der Waals surface area contributed by atoms with E-state index in [4.69, 9.17) is 5.11 Å². The third-order valence-corrected chi connectivity index (χ3v) is 5.30. The highest BCUT2D eigenvalue weighted by molar-refractivity contribution is 7.99. The summed E-state index contributed by atoms with van der Waals surface area (Å²) in [6.45, 7) is 2.25. The second-order valence-electron chi connectivity index (χ2n) is 5.27. The van der Waals surface area contributed by atoms with E-state index in [1.807, 2.05) is 18.7 Å². The molecule has 4 nitrogen and oxygen atoms in total. The predicted molar refractivity (Wildman–Crippen MR) is 75.0 cm³/mol. The van der Waals surface area contributed by atoms with Crippen molar-refractivity contribution >= 4 is 17.7 Å². The Morgan fingerprint density at radius 1 is 1.61 bits per heavy atom. The van der Waals surface area contributed by atoms with E-state index in [2.05, 4.69) is 5.32 Å². The molecule has 0 aromatic heterocycles. The zero-order valence-electron chi connectivity index (χ0n) is 11.3. The van der Waals surface area contributed by atoms with Gasteiger partial charge in [-0.3, -0.25) is 4.79 Å². The molecule has 0 heterocycles. The third kappa shape index (κ3) is 3.62. The average Bonchev–Trinajstić information content (AvgIpc) is 2.78. The van der Waals surface area contributed by atoms with Gasteiger partial charge in [0.25, 0.3) is 0 Å². The number of hydrogen-bond acceptors (Lipinski definition) is 4. The maximum absolute atomic E-state index is 11.4. The van der Waals surface area contributed by atoms with E-state index in [0.29, 0.717) is 5.92 Å². The van der Waals surface area contributed by atoms with Gasteiger partial charge < -0.3 is 15.5 Å². The first-order valence-corrected chi connectivity index (χ1v) is 7.83. The van der Waals surface area contributed by atoms with Gasteiger partial charge >= 0.3 is 5.97 Å². The van der Waals surface area contributed by atoms with Gasteiger partial charge in [-0.15, -0.1) is 0 Å². The Kier molecular flexibility index (Phi) is 6.46. The van der Waals surface area contributed by atoms with Crippen LogP contribution < -0.4 is 5.32 Å². The van der Waals surface area contributed by atoms with Crippen LogP contribution in [-0.4, -0.2) is 46.9 Å². The lowest BCUT2D eigenvalue weighted by molar-refractivity contribution is -0.146. The maximum atomic E-state index is 11.4. The van der Waals surface area contributed by atoms with E-state index in [0.717, 1.165) is 37.2 Å². The smallest absolute Gasteiger partial charge is 0.324 e. The molecule has 0 amide bonds. The molecule has 1 fully saturated rings. The number of thioether (sulfide) groups is 1. The topological polar surface area (TPSA) is 69.6 Å². The first-order chi connectivity index (χ1) is 8.56. The summed E-state index contributed by atoms with van der Waals surface area (Å²) in [6, 6.07) is 0. The zero-order chi connectivity index (χ0) is 13.6. The number of hydrogen-bond donors (Lipinski definition) is 3. The van der Waals surface area contributed by atoms with E-state index in [1.165, 1.54) is 0 Å². The number of aliphatic hydroxyl groups is 1. The molecule has 1 aliphatic carbocycles. The molecule has 0 saturated heterocycles. The summed E-state index contributed by atoms with van der Waals surface area (Å²) in [7, 11) is 1.76. The van der Waals surface area contributed by atoms with Crippen LogP contribution in [0.15, 0.2) is 0 Å². The van der Waals surface area contributed by atoms with Crippen LogP contribution in [0.5, 0.6) is 0 Å². The number of rotatable bonds is 8. The molecule has 1 aliphatic rings. The molecule has 0 aromatic carbocycles. The Bertz CT molecular complexity index is 275. The van der Waals surface area contributed by atoms with Crippen LogP contribution in [0, 0.1) is 11.8 Å². The summed E-state index contributed by atoms with van der Waals surface area (Å²) < 4.78 is 0. The van der Waals surface area contributed by atoms with Gasteiger partial charge in [0.15, 0.2) is 0 Å². The van der Waals surface area contributed by atoms with Crippen LogP contribution in [0.4, 0.5) is 0 Å². The van der Waals surface area contributed by atoms with Crippen LogP contribution >= 0.6 is 11.8 Å². The van der Waals surface area contributed by atoms with Gasteiger partial charge in [-0.2, -0.15) is 11.8 Å². The number of likely N-dealkylation sites (N-methyl/N-ethyl adjacent to an activating group) is 1. The Balaban J connectivity index is 2.39. The van der Waals surface area contributed by atoms with Crippen LogP contribution in [-0.2, 0) is 4.79 Å². The largest absolute Gasteiger partial charge is 0.480 e. The van der Waals surface area contributed by atoms with Crippen LogP contribution in [0.1, 0.15) is 32.6 Å². The summed E-state index contributed by atoms with van der Waals surface area (Å²) in [5.74, 6) is 1.78. The predicted octanol–water partition coefficient (Wildman–Crippen LogP) is 1.58. The van der Waals surface area contributed by atoms with Crippen molar-refractivity contribution in [3.8, 4) is 0 Å². The molecule has 0 bridgehead atoms. The van der Waals surface area contributed by atoms with Gasteiger partial charge in [-0.25, -0.2) is 0 Å². The molecule has 0 aromatic rings. The van der Waals surface area contributed by atoms with Gasteiger partial charge in [0.1, 0.15) is 5.54 Å². The normalized spacial score (nSPS) is 29.4. The van der Waals surface area contributed by atoms with E-state index in [1.54, 1.807) is 7.05 Å². The summed E-state index contributed by atoms with van der Waals surface area (Å²) in [6.07, 6.45) is 3.68. The van der Waals surface area contributed by atoms with E-state index in [9.17, 15) is 9.90 Å². The number of aliphatic hydroxyl groups excluding tert-OH is 1. The van der Waals surface area contributed by atoms with Crippen molar-refractivity contribution in [2.45, 2.75) is 38.1 Å². The highest BCUT2D eigenvalue weighted by atomic mass is 32.2. The maximum Gasteiger partial charge on any atom is 0.324 e. The van der Waals surface area contributed by atoms with Gasteiger partial charge in [0.05, 0.1) is 0 Å². The molecular formula is C13H25NO3S. The summed E-state index contributed by atoms with van der Waals surface area (Å²) in [5.41, 5.74) is -0.705. The molecular weight excluding hydrogens is 250 g/mol. The third-order valence-electron chi connectivity index (χ3n) is 3.97. The second kappa shape index (κ2) is 7.36. The van der Waals surface area contributed by atoms with Gasteiger partial charge in [-0.1, -0.05) is 13.3 Å². The van der Waals surface area contributed by atoms with Crippen molar-refractivity contribution in [3.63, 3.8) is 0 Å². The van der Waals surface area contributed by atoms with Crippen LogP contribution in [0.25, 0.3) is 0 Å². The van der Waals surface area contributed by atoms with Crippen molar-refractivity contribution in [1.29, 1.82) is 0 Å². The Morgan fingerprint density at radius 3 is 2.89 bits per heavy atom. The standard InChI is InChI=1S/C13H25NO3S/c1-10(8-15)9-18-7-5-11-4-3-6-13(11,14-2)12(16)17/h10-11,14-15H,3-9H2,1-2H3,(H,16,17). The van der Waals surface area contributed by atoms with Gasteiger partial charge in [-0.05, 0) is 49.7 Å². The van der Waals surface area contributed by atoms with Crippen molar-refractivity contribution in [2.24, 2.45) is 11.8 Å². The van der Waals surface area contributed by atoms with Crippen LogP contribution in [0.3, 0.4) is 0 Å². The van der Waals surface area contributed by atoms with E-state index < -0.39 is 11.5 Å². The number of carboxylic acid groups (broad SMARTS) is 1. The van der Waals surface area contributed by atoms with E-state index in [-0.39, 0.29) is 12.5 Å². The molecule has 3 unspecified atom stereocenters. The van der Waals surface area contributed by atoms with Crippen molar-refractivity contribution in [1.82, 2.24) is 5.32 Å². The summed E-state index contributed by atoms with van der Waals surface area (Å²) >= 11 is 1.82. The number of carboxylic acids is 1. The number of carbonyl (C=O) groups is 1. The fraction of sp³-hybridized carbons (Fsp3) is 0.923. The van der Waals surface area contributed by atoms with Crippen molar-refractivity contribution < 1.29 is 15.0 Å². The van der Waals surface area contributed by atoms with Gasteiger partial charge in [0.2, 0.25) is 0 Å². The van der Waals surface area contributed by atoms with Crippen LogP contribution in [0.2, 0.25) is 0 Å². The molecule has 3 N–H and O–H groups in total. The summed E-state index contributed by atoms with van der Waals surface area (Å²) in [5, 5.41) is 21.4. The minimum absolute atomic E-state index is 0.228. The minimum atomic E-state index is -0.707. The highest BCUT2D eigenvalue weighted by Crippen LogP contribution is 2.38. The molecule has 0 radical (unpaired) electrons. The fourth-order valence-electron chi connectivity index (χ4n) is 2.75. The molecule has 0 spiro atoms. The van der Waals surface area contributed by atoms with Crippen molar-refractivity contribution in [2.75, 3.05) is 25.2 Å². The Morgan fingerprint density at radius 2 is 2.33 bits per heavy atom. The molecule has 1 rings (SSSR count). The molecule has 5 heteroatoms.